The molecule has 8 heteroatoms. The van der Waals surface area contributed by atoms with Crippen LogP contribution < -0.4 is 10.9 Å². The Bertz CT molecular complexity index is 1050. The van der Waals surface area contributed by atoms with Gasteiger partial charge in [-0.2, -0.15) is 9.78 Å². The Labute approximate surface area is 166 Å². The number of H-pyrrole nitrogens is 1. The van der Waals surface area contributed by atoms with Gasteiger partial charge >= 0.3 is 0 Å². The summed E-state index contributed by atoms with van der Waals surface area (Å²) < 4.78 is 1.52. The quantitative estimate of drug-likeness (QED) is 0.700. The Balaban J connectivity index is 1.74. The molecule has 146 valence electrons. The molecule has 1 amide bonds. The summed E-state index contributed by atoms with van der Waals surface area (Å²) >= 11 is 1.57. The molecule has 0 unspecified atom stereocenters. The van der Waals surface area contributed by atoms with E-state index >= 15 is 0 Å². The first-order valence-corrected chi connectivity index (χ1v) is 10.4. The lowest BCUT2D eigenvalue weighted by Gasteiger charge is -2.20. The van der Waals surface area contributed by atoms with Crippen LogP contribution in [0.5, 0.6) is 0 Å². The molecule has 2 N–H and O–H groups in total. The Hall–Kier alpha value is -2.74. The molecule has 3 aromatic heterocycles. The minimum absolute atomic E-state index is 0.00441. The van der Waals surface area contributed by atoms with Crippen LogP contribution in [0.15, 0.2) is 28.4 Å². The molecule has 0 aliphatic heterocycles. The van der Waals surface area contributed by atoms with Crippen LogP contribution >= 0.6 is 11.3 Å². The smallest absolute Gasteiger partial charge is 0.255 e. The van der Waals surface area contributed by atoms with Crippen molar-refractivity contribution >= 4 is 23.1 Å². The number of rotatable bonds is 4. The largest absolute Gasteiger partial charge is 0.310 e. The lowest BCUT2D eigenvalue weighted by molar-refractivity contribution is -0.120. The molecular formula is C20H23N5O2S. The van der Waals surface area contributed by atoms with Gasteiger partial charge in [-0.15, -0.1) is 11.3 Å². The fraction of sp³-hybridized carbons (Fsp3) is 0.400. The van der Waals surface area contributed by atoms with Crippen LogP contribution in [0.25, 0.3) is 16.5 Å². The molecule has 1 saturated carbocycles. The van der Waals surface area contributed by atoms with Crippen molar-refractivity contribution < 1.29 is 4.79 Å². The highest BCUT2D eigenvalue weighted by atomic mass is 32.1. The Morgan fingerprint density at radius 3 is 2.75 bits per heavy atom. The highest BCUT2D eigenvalue weighted by Gasteiger charge is 2.23. The lowest BCUT2D eigenvalue weighted by atomic mass is 9.89. The summed E-state index contributed by atoms with van der Waals surface area (Å²) in [5.41, 5.74) is 1.73. The maximum atomic E-state index is 12.8. The number of nitrogens with one attached hydrogen (secondary N) is 2. The fourth-order valence-corrected chi connectivity index (χ4v) is 4.18. The number of carbonyl (C=O) groups is 1. The van der Waals surface area contributed by atoms with E-state index in [9.17, 15) is 9.59 Å². The minimum atomic E-state index is -0.208. The van der Waals surface area contributed by atoms with Crippen molar-refractivity contribution in [2.24, 2.45) is 5.92 Å². The van der Waals surface area contributed by atoms with Crippen molar-refractivity contribution in [3.8, 4) is 16.5 Å². The zero-order valence-corrected chi connectivity index (χ0v) is 16.8. The summed E-state index contributed by atoms with van der Waals surface area (Å²) in [5.74, 6) is 0.846. The van der Waals surface area contributed by atoms with Gasteiger partial charge in [-0.25, -0.2) is 4.98 Å². The molecule has 3 aromatic rings. The van der Waals surface area contributed by atoms with E-state index in [0.717, 1.165) is 36.3 Å². The van der Waals surface area contributed by atoms with E-state index < -0.39 is 0 Å². The fourth-order valence-electron chi connectivity index (χ4n) is 3.50. The maximum Gasteiger partial charge on any atom is 0.255 e. The van der Waals surface area contributed by atoms with Gasteiger partial charge in [-0.05, 0) is 38.1 Å². The average Bonchev–Trinajstić information content (AvgIpc) is 3.36. The topological polar surface area (TPSA) is 92.7 Å². The van der Waals surface area contributed by atoms with Crippen molar-refractivity contribution in [2.75, 3.05) is 5.32 Å². The average molecular weight is 398 g/mol. The summed E-state index contributed by atoms with van der Waals surface area (Å²) in [6.07, 6.45) is 5.19. The Morgan fingerprint density at radius 1 is 1.29 bits per heavy atom. The molecule has 28 heavy (non-hydrogen) atoms. The third-order valence-corrected chi connectivity index (χ3v) is 6.19. The number of hydrogen-bond acceptors (Lipinski definition) is 5. The highest BCUT2D eigenvalue weighted by molar-refractivity contribution is 7.13. The van der Waals surface area contributed by atoms with E-state index in [4.69, 9.17) is 0 Å². The minimum Gasteiger partial charge on any atom is -0.310 e. The molecule has 0 radical (unpaired) electrons. The second kappa shape index (κ2) is 7.71. The zero-order valence-electron chi connectivity index (χ0n) is 16.0. The molecule has 0 saturated heterocycles. The molecule has 1 aliphatic rings. The van der Waals surface area contributed by atoms with Gasteiger partial charge in [-0.3, -0.25) is 14.6 Å². The molecule has 4 rings (SSSR count). The standard InChI is InChI=1S/C20H23N5O2S/c1-12-13(2)21-20(23-18(12)26)25-17(11-15(24-25)16-9-6-10-28-16)22-19(27)14-7-4-3-5-8-14/h6,9-11,14H,3-5,7-8H2,1-2H3,(H,22,27)(H,21,23,26). The first kappa shape index (κ1) is 18.6. The van der Waals surface area contributed by atoms with Gasteiger partial charge in [-0.1, -0.05) is 25.3 Å². The van der Waals surface area contributed by atoms with Crippen LogP contribution in [0.3, 0.4) is 0 Å². The Kier molecular flexibility index (Phi) is 5.13. The zero-order chi connectivity index (χ0) is 19.7. The summed E-state index contributed by atoms with van der Waals surface area (Å²) in [6.45, 7) is 3.52. The van der Waals surface area contributed by atoms with Crippen LogP contribution in [0.1, 0.15) is 43.4 Å². The van der Waals surface area contributed by atoms with E-state index in [1.54, 1.807) is 25.2 Å². The van der Waals surface area contributed by atoms with Gasteiger partial charge in [0.15, 0.2) is 0 Å². The Morgan fingerprint density at radius 2 is 2.07 bits per heavy atom. The van der Waals surface area contributed by atoms with E-state index in [1.807, 2.05) is 23.6 Å². The molecule has 0 atom stereocenters. The third kappa shape index (κ3) is 3.64. The number of aromatic amines is 1. The number of amides is 1. The van der Waals surface area contributed by atoms with E-state index in [2.05, 4.69) is 20.4 Å². The lowest BCUT2D eigenvalue weighted by Crippen LogP contribution is -2.26. The van der Waals surface area contributed by atoms with Gasteiger partial charge in [0.05, 0.1) is 4.88 Å². The second-order valence-corrected chi connectivity index (χ2v) is 8.18. The summed E-state index contributed by atoms with van der Waals surface area (Å²) in [7, 11) is 0. The van der Waals surface area contributed by atoms with Crippen LogP contribution in [0, 0.1) is 19.8 Å². The van der Waals surface area contributed by atoms with E-state index in [-0.39, 0.29) is 17.4 Å². The predicted molar refractivity (Wildman–Crippen MR) is 110 cm³/mol. The van der Waals surface area contributed by atoms with Crippen LogP contribution in [0.2, 0.25) is 0 Å². The molecule has 1 fully saturated rings. The van der Waals surface area contributed by atoms with Gasteiger partial charge in [0.1, 0.15) is 11.5 Å². The van der Waals surface area contributed by atoms with E-state index in [0.29, 0.717) is 23.0 Å². The second-order valence-electron chi connectivity index (χ2n) is 7.23. The summed E-state index contributed by atoms with van der Waals surface area (Å²) in [4.78, 5) is 33.3. The SMILES string of the molecule is Cc1nc(-n2nc(-c3cccs3)cc2NC(=O)C2CCCCC2)[nH]c(=O)c1C. The number of carbonyl (C=O) groups excluding carboxylic acids is 1. The van der Waals surface area contributed by atoms with Gasteiger partial charge in [0.2, 0.25) is 11.9 Å². The van der Waals surface area contributed by atoms with Crippen molar-refractivity contribution in [3.63, 3.8) is 0 Å². The number of nitrogens with zero attached hydrogens (tertiary/aromatic N) is 3. The monoisotopic (exact) mass is 397 g/mol. The molecule has 1 aliphatic carbocycles. The number of aromatic nitrogens is 4. The molecule has 0 bridgehead atoms. The number of anilines is 1. The summed E-state index contributed by atoms with van der Waals surface area (Å²) in [5, 5.41) is 9.61. The maximum absolute atomic E-state index is 12.8. The van der Waals surface area contributed by atoms with Gasteiger partial charge in [0, 0.05) is 23.2 Å². The predicted octanol–water partition coefficient (Wildman–Crippen LogP) is 3.82. The van der Waals surface area contributed by atoms with Crippen molar-refractivity contribution in [1.82, 2.24) is 19.7 Å². The normalized spacial score (nSPS) is 14.9. The number of aryl methyl sites for hydroxylation is 1. The molecule has 7 nitrogen and oxygen atoms in total. The van der Waals surface area contributed by atoms with Crippen LogP contribution in [0.4, 0.5) is 5.82 Å². The van der Waals surface area contributed by atoms with Crippen LogP contribution in [-0.2, 0) is 4.79 Å². The van der Waals surface area contributed by atoms with Gasteiger partial charge < -0.3 is 5.32 Å². The number of thiophene rings is 1. The molecule has 3 heterocycles. The third-order valence-electron chi connectivity index (χ3n) is 5.29. The molecule has 0 spiro atoms. The van der Waals surface area contributed by atoms with E-state index in [1.165, 1.54) is 11.1 Å². The molecule has 0 aromatic carbocycles. The first-order valence-electron chi connectivity index (χ1n) is 9.55. The van der Waals surface area contributed by atoms with Crippen molar-refractivity contribution in [2.45, 2.75) is 46.0 Å². The first-order chi connectivity index (χ1) is 13.5. The van der Waals surface area contributed by atoms with Crippen molar-refractivity contribution in [3.05, 3.63) is 45.2 Å². The van der Waals surface area contributed by atoms with Gasteiger partial charge in [0.25, 0.3) is 5.56 Å². The summed E-state index contributed by atoms with van der Waals surface area (Å²) in [6, 6.07) is 5.76. The highest BCUT2D eigenvalue weighted by Crippen LogP contribution is 2.29. The number of hydrogen-bond donors (Lipinski definition) is 2. The van der Waals surface area contributed by atoms with Crippen LogP contribution in [-0.4, -0.2) is 25.7 Å². The van der Waals surface area contributed by atoms with Crippen molar-refractivity contribution in [1.29, 1.82) is 0 Å². The molecular weight excluding hydrogens is 374 g/mol.